The summed E-state index contributed by atoms with van der Waals surface area (Å²) in [6, 6.07) is 8.12. The van der Waals surface area contributed by atoms with E-state index < -0.39 is 29.7 Å². The maximum atomic E-state index is 14.8. The number of ether oxygens (including phenoxy) is 1. The Hall–Kier alpha value is -2.27. The molecule has 37 heavy (non-hydrogen) atoms. The summed E-state index contributed by atoms with van der Waals surface area (Å²) in [7, 11) is 0. The number of β-amino-alcohol motifs (C(OH)–C–C–N with tert-alkyl or cyclic N) is 1. The van der Waals surface area contributed by atoms with Gasteiger partial charge in [0.05, 0.1) is 18.1 Å². The first-order valence-electron chi connectivity index (χ1n) is 12.7. The third-order valence-electron chi connectivity index (χ3n) is 7.45. The summed E-state index contributed by atoms with van der Waals surface area (Å²) in [5.41, 5.74) is -0.256. The Balaban J connectivity index is 1.27. The minimum absolute atomic E-state index is 0.00495. The number of pyridine rings is 1. The summed E-state index contributed by atoms with van der Waals surface area (Å²) in [4.78, 5) is 7.84. The molecule has 2 saturated heterocycles. The smallest absolute Gasteiger partial charge is 0.395 e. The molecular weight excluding hydrogens is 490 g/mol. The maximum Gasteiger partial charge on any atom is 0.395 e. The van der Waals surface area contributed by atoms with Gasteiger partial charge >= 0.3 is 6.18 Å². The van der Waals surface area contributed by atoms with E-state index >= 15 is 0 Å². The summed E-state index contributed by atoms with van der Waals surface area (Å²) < 4.78 is 60.1. The average molecular weight is 526 g/mol. The van der Waals surface area contributed by atoms with Gasteiger partial charge in [0.2, 0.25) is 5.88 Å². The number of likely N-dealkylation sites (tertiary alicyclic amines) is 2. The van der Waals surface area contributed by atoms with Crippen LogP contribution in [-0.4, -0.2) is 76.6 Å². The van der Waals surface area contributed by atoms with Crippen LogP contribution >= 0.6 is 0 Å². The molecule has 2 aromatic rings. The van der Waals surface area contributed by atoms with Crippen LogP contribution in [0.15, 0.2) is 36.5 Å². The third kappa shape index (κ3) is 6.79. The summed E-state index contributed by atoms with van der Waals surface area (Å²) in [5, 5.41) is 20.1. The van der Waals surface area contributed by atoms with Crippen molar-refractivity contribution in [1.82, 2.24) is 14.8 Å². The maximum absolute atomic E-state index is 14.8. The van der Waals surface area contributed by atoms with Crippen molar-refractivity contribution in [1.29, 1.82) is 0 Å². The highest BCUT2D eigenvalue weighted by Gasteiger charge is 2.48. The predicted octanol–water partition coefficient (Wildman–Crippen LogP) is 4.62. The van der Waals surface area contributed by atoms with E-state index in [2.05, 4.69) is 4.98 Å². The van der Waals surface area contributed by atoms with Gasteiger partial charge in [0.15, 0.2) is 0 Å². The Morgan fingerprint density at radius 1 is 1.05 bits per heavy atom. The Morgan fingerprint density at radius 3 is 2.32 bits per heavy atom. The van der Waals surface area contributed by atoms with Crippen LogP contribution in [0, 0.1) is 17.2 Å². The molecule has 2 aliphatic rings. The van der Waals surface area contributed by atoms with Crippen LogP contribution in [0.3, 0.4) is 0 Å². The van der Waals surface area contributed by atoms with E-state index in [0.717, 1.165) is 12.8 Å². The molecule has 204 valence electrons. The van der Waals surface area contributed by atoms with E-state index in [1.165, 1.54) is 19.9 Å². The zero-order valence-electron chi connectivity index (χ0n) is 21.2. The number of hydrogen-bond acceptors (Lipinski definition) is 6. The number of halogens is 4. The van der Waals surface area contributed by atoms with Crippen molar-refractivity contribution in [3.8, 4) is 17.0 Å². The lowest BCUT2D eigenvalue weighted by Gasteiger charge is -2.38. The molecule has 2 fully saturated rings. The number of nitrogens with zero attached hydrogens (tertiary/aromatic N) is 3. The molecule has 2 atom stereocenters. The van der Waals surface area contributed by atoms with Crippen molar-refractivity contribution in [2.24, 2.45) is 11.3 Å². The van der Waals surface area contributed by atoms with E-state index in [1.54, 1.807) is 35.4 Å². The molecule has 1 unspecified atom stereocenters. The van der Waals surface area contributed by atoms with Crippen LogP contribution in [0.4, 0.5) is 17.6 Å². The molecule has 1 aromatic carbocycles. The van der Waals surface area contributed by atoms with Crippen LogP contribution in [0.2, 0.25) is 0 Å². The van der Waals surface area contributed by atoms with Crippen molar-refractivity contribution >= 4 is 0 Å². The summed E-state index contributed by atoms with van der Waals surface area (Å²) in [6.45, 7) is 4.94. The van der Waals surface area contributed by atoms with Crippen molar-refractivity contribution in [2.45, 2.75) is 51.6 Å². The lowest BCUT2D eigenvalue weighted by Crippen LogP contribution is -2.46. The lowest BCUT2D eigenvalue weighted by atomic mass is 9.89. The zero-order chi connectivity index (χ0) is 26.8. The summed E-state index contributed by atoms with van der Waals surface area (Å²) in [6.07, 6.45) is -2.16. The van der Waals surface area contributed by atoms with Gasteiger partial charge in [-0.1, -0.05) is 12.1 Å². The highest BCUT2D eigenvalue weighted by molar-refractivity contribution is 5.63. The van der Waals surface area contributed by atoms with Gasteiger partial charge in [0.25, 0.3) is 0 Å². The van der Waals surface area contributed by atoms with E-state index in [4.69, 9.17) is 4.74 Å². The number of alkyl halides is 3. The molecule has 0 amide bonds. The molecular formula is C27H35F4N3O3. The van der Waals surface area contributed by atoms with Crippen LogP contribution < -0.4 is 4.74 Å². The van der Waals surface area contributed by atoms with E-state index in [1.807, 2.05) is 4.90 Å². The van der Waals surface area contributed by atoms with Gasteiger partial charge in [-0.3, -0.25) is 4.90 Å². The fourth-order valence-electron chi connectivity index (χ4n) is 4.90. The fourth-order valence-corrected chi connectivity index (χ4v) is 4.90. The second kappa shape index (κ2) is 11.2. The first kappa shape index (κ1) is 27.8. The number of rotatable bonds is 8. The second-order valence-electron chi connectivity index (χ2n) is 10.8. The topological polar surface area (TPSA) is 69.1 Å². The zero-order valence-corrected chi connectivity index (χ0v) is 21.2. The molecule has 0 saturated carbocycles. The monoisotopic (exact) mass is 525 g/mol. The molecule has 0 bridgehead atoms. The van der Waals surface area contributed by atoms with Crippen LogP contribution in [0.1, 0.15) is 44.9 Å². The fraction of sp³-hybridized carbons (Fsp3) is 0.593. The summed E-state index contributed by atoms with van der Waals surface area (Å²) >= 11 is 0. The first-order valence-corrected chi connectivity index (χ1v) is 12.7. The van der Waals surface area contributed by atoms with Gasteiger partial charge in [-0.15, -0.1) is 0 Å². The van der Waals surface area contributed by atoms with Gasteiger partial charge in [-0.05, 0) is 69.8 Å². The predicted molar refractivity (Wildman–Crippen MR) is 131 cm³/mol. The molecule has 0 aliphatic carbocycles. The molecule has 4 rings (SSSR count). The molecule has 10 heteroatoms. The number of hydrogen-bond donors (Lipinski definition) is 2. The van der Waals surface area contributed by atoms with Crippen LogP contribution in [0.5, 0.6) is 5.88 Å². The highest BCUT2D eigenvalue weighted by atomic mass is 19.4. The number of aliphatic hydroxyl groups is 2. The number of piperidine rings is 1. The average Bonchev–Trinajstić information content (AvgIpc) is 3.29. The van der Waals surface area contributed by atoms with Gasteiger partial charge in [0.1, 0.15) is 12.0 Å². The van der Waals surface area contributed by atoms with Crippen LogP contribution in [-0.2, 0) is 0 Å². The quantitative estimate of drug-likeness (QED) is 0.490. The molecule has 6 nitrogen and oxygen atoms in total. The second-order valence-corrected chi connectivity index (χ2v) is 10.8. The largest absolute Gasteiger partial charge is 0.477 e. The van der Waals surface area contributed by atoms with Crippen molar-refractivity contribution in [2.75, 3.05) is 39.3 Å². The van der Waals surface area contributed by atoms with Crippen molar-refractivity contribution in [3.63, 3.8) is 0 Å². The van der Waals surface area contributed by atoms with Gasteiger partial charge in [0, 0.05) is 43.0 Å². The number of aromatic nitrogens is 1. The van der Waals surface area contributed by atoms with Gasteiger partial charge in [-0.2, -0.15) is 13.2 Å². The minimum Gasteiger partial charge on any atom is -0.477 e. The molecule has 0 spiro atoms. The highest BCUT2D eigenvalue weighted by Crippen LogP contribution is 2.38. The Bertz CT molecular complexity index is 1040. The van der Waals surface area contributed by atoms with E-state index in [0.29, 0.717) is 56.2 Å². The Kier molecular flexibility index (Phi) is 8.42. The van der Waals surface area contributed by atoms with E-state index in [-0.39, 0.29) is 18.0 Å². The molecule has 1 aromatic heterocycles. The Labute approximate surface area is 214 Å². The van der Waals surface area contributed by atoms with Crippen molar-refractivity contribution < 1.29 is 32.5 Å². The molecule has 2 N–H and O–H groups in total. The Morgan fingerprint density at radius 2 is 1.76 bits per heavy atom. The lowest BCUT2D eigenvalue weighted by molar-refractivity contribution is -0.217. The van der Waals surface area contributed by atoms with Crippen LogP contribution in [0.25, 0.3) is 11.1 Å². The standard InChI is InChI=1S/C27H35F4N3O3/c1-26(2,27(29,30)31)17-33-10-7-18(8-11-33)16-37-24-6-4-20(14-32-24)19-3-5-22(23(28)13-19)25(36)34-12-9-21(35)15-34/h3-6,13-14,18,21,25,35-36H,7-12,15-17H2,1-2H3/t21-,25?/m1/s1. The normalized spacial score (nSPS) is 21.4. The first-order chi connectivity index (χ1) is 17.4. The van der Waals surface area contributed by atoms with Gasteiger partial charge in [-0.25, -0.2) is 9.37 Å². The summed E-state index contributed by atoms with van der Waals surface area (Å²) in [5.74, 6) is 0.151. The SMILES string of the molecule is CC(C)(CN1CCC(COc2ccc(-c3ccc(C(O)N4CC[C@@H](O)C4)c(F)c3)cn2)CC1)C(F)(F)F. The van der Waals surface area contributed by atoms with Crippen molar-refractivity contribution in [3.05, 3.63) is 47.9 Å². The number of benzene rings is 1. The minimum atomic E-state index is -4.22. The molecule has 2 aliphatic heterocycles. The molecule has 0 radical (unpaired) electrons. The molecule has 3 heterocycles. The van der Waals surface area contributed by atoms with E-state index in [9.17, 15) is 27.8 Å². The van der Waals surface area contributed by atoms with Gasteiger partial charge < -0.3 is 19.8 Å². The number of aliphatic hydroxyl groups excluding tert-OH is 2. The third-order valence-corrected chi connectivity index (χ3v) is 7.45.